The van der Waals surface area contributed by atoms with Crippen molar-refractivity contribution in [2.24, 2.45) is 0 Å². The quantitative estimate of drug-likeness (QED) is 0.645. The number of hydrogen-bond acceptors (Lipinski definition) is 5. The molecule has 0 fully saturated rings. The van der Waals surface area contributed by atoms with E-state index in [1.165, 1.54) is 0 Å². The molecule has 3 aromatic rings. The number of carbonyl (C=O) groups is 1. The summed E-state index contributed by atoms with van der Waals surface area (Å²) in [5.41, 5.74) is 3.34. The number of halogens is 1. The van der Waals surface area contributed by atoms with Crippen molar-refractivity contribution in [3.8, 4) is 5.82 Å². The van der Waals surface area contributed by atoms with E-state index in [0.717, 1.165) is 29.8 Å². The first-order valence-corrected chi connectivity index (χ1v) is 7.82. The molecule has 130 valence electrons. The second-order valence-electron chi connectivity index (χ2n) is 5.58. The van der Waals surface area contributed by atoms with Gasteiger partial charge >= 0.3 is 0 Å². The van der Waals surface area contributed by atoms with Gasteiger partial charge in [-0.15, -0.1) is 12.4 Å². The monoisotopic (exact) mass is 359 g/mol. The molecule has 0 atom stereocenters. The second kappa shape index (κ2) is 7.45. The van der Waals surface area contributed by atoms with Gasteiger partial charge in [-0.3, -0.25) is 9.89 Å². The smallest absolute Gasteiger partial charge is 0.272 e. The van der Waals surface area contributed by atoms with Crippen LogP contribution in [-0.2, 0) is 19.5 Å². The van der Waals surface area contributed by atoms with Gasteiger partial charge in [0.05, 0.1) is 0 Å². The lowest BCUT2D eigenvalue weighted by molar-refractivity contribution is 0.0944. The third-order valence-corrected chi connectivity index (χ3v) is 4.05. The molecular weight excluding hydrogens is 342 g/mol. The summed E-state index contributed by atoms with van der Waals surface area (Å²) < 4.78 is 1.68. The number of carbonyl (C=O) groups excluding carboxylic acids is 1. The Kier molecular flexibility index (Phi) is 5.11. The van der Waals surface area contributed by atoms with Crippen LogP contribution in [0.5, 0.6) is 0 Å². The van der Waals surface area contributed by atoms with E-state index in [1.54, 1.807) is 17.1 Å². The van der Waals surface area contributed by atoms with Crippen LogP contribution in [0.2, 0.25) is 0 Å². The molecule has 3 aromatic heterocycles. The molecule has 8 nitrogen and oxygen atoms in total. The first-order valence-electron chi connectivity index (χ1n) is 7.82. The fourth-order valence-electron chi connectivity index (χ4n) is 2.84. The van der Waals surface area contributed by atoms with Crippen molar-refractivity contribution in [3.63, 3.8) is 0 Å². The summed E-state index contributed by atoms with van der Waals surface area (Å²) in [4.78, 5) is 16.8. The van der Waals surface area contributed by atoms with E-state index in [1.807, 2.05) is 24.4 Å². The van der Waals surface area contributed by atoms with Crippen LogP contribution in [0.25, 0.3) is 5.82 Å². The molecule has 0 unspecified atom stereocenters. The maximum atomic E-state index is 12.5. The molecule has 4 rings (SSSR count). The Morgan fingerprint density at radius 1 is 1.32 bits per heavy atom. The van der Waals surface area contributed by atoms with E-state index in [2.05, 4.69) is 30.9 Å². The van der Waals surface area contributed by atoms with Crippen LogP contribution in [0.3, 0.4) is 0 Å². The maximum Gasteiger partial charge on any atom is 0.272 e. The molecule has 0 saturated carbocycles. The van der Waals surface area contributed by atoms with Crippen LogP contribution in [0.1, 0.15) is 27.3 Å². The number of aromatic nitrogens is 5. The minimum atomic E-state index is -0.188. The van der Waals surface area contributed by atoms with Crippen LogP contribution in [0.15, 0.2) is 36.8 Å². The van der Waals surface area contributed by atoms with Crippen molar-refractivity contribution < 1.29 is 4.79 Å². The highest BCUT2D eigenvalue weighted by molar-refractivity contribution is 5.94. The lowest BCUT2D eigenvalue weighted by Crippen LogP contribution is -2.28. The Morgan fingerprint density at radius 2 is 2.24 bits per heavy atom. The Labute approximate surface area is 150 Å². The van der Waals surface area contributed by atoms with E-state index >= 15 is 0 Å². The molecule has 25 heavy (non-hydrogen) atoms. The Morgan fingerprint density at radius 3 is 3.08 bits per heavy atom. The summed E-state index contributed by atoms with van der Waals surface area (Å²) >= 11 is 0. The molecule has 0 saturated heterocycles. The summed E-state index contributed by atoms with van der Waals surface area (Å²) in [6.07, 6.45) is 6.09. The third-order valence-electron chi connectivity index (χ3n) is 4.05. The zero-order chi connectivity index (χ0) is 16.4. The normalized spacial score (nSPS) is 13.0. The van der Waals surface area contributed by atoms with Crippen LogP contribution in [0, 0.1) is 0 Å². The molecule has 1 aliphatic heterocycles. The van der Waals surface area contributed by atoms with Gasteiger partial charge in [0.2, 0.25) is 0 Å². The molecule has 0 bridgehead atoms. The largest absolute Gasteiger partial charge is 0.346 e. The van der Waals surface area contributed by atoms with Crippen LogP contribution < -0.4 is 10.6 Å². The zero-order valence-electron chi connectivity index (χ0n) is 13.4. The van der Waals surface area contributed by atoms with Crippen molar-refractivity contribution in [1.29, 1.82) is 0 Å². The van der Waals surface area contributed by atoms with E-state index < -0.39 is 0 Å². The number of H-pyrrole nitrogens is 1. The summed E-state index contributed by atoms with van der Waals surface area (Å²) in [6, 6.07) is 5.60. The first kappa shape index (κ1) is 17.1. The van der Waals surface area contributed by atoms with Gasteiger partial charge in [0.25, 0.3) is 5.91 Å². The average Bonchev–Trinajstić information content (AvgIpc) is 3.29. The predicted molar refractivity (Wildman–Crippen MR) is 93.8 cm³/mol. The number of nitrogens with zero attached hydrogens (tertiary/aromatic N) is 4. The molecule has 0 spiro atoms. The minimum Gasteiger partial charge on any atom is -0.346 e. The van der Waals surface area contributed by atoms with Gasteiger partial charge in [0.1, 0.15) is 0 Å². The lowest BCUT2D eigenvalue weighted by Gasteiger charge is -2.13. The van der Waals surface area contributed by atoms with E-state index in [4.69, 9.17) is 0 Å². The average molecular weight is 360 g/mol. The topological polar surface area (TPSA) is 101 Å². The van der Waals surface area contributed by atoms with Crippen molar-refractivity contribution in [1.82, 2.24) is 35.6 Å². The first-order chi connectivity index (χ1) is 11.8. The maximum absolute atomic E-state index is 12.5. The third kappa shape index (κ3) is 3.40. The molecule has 0 aliphatic carbocycles. The van der Waals surface area contributed by atoms with E-state index in [0.29, 0.717) is 24.6 Å². The summed E-state index contributed by atoms with van der Waals surface area (Å²) in [7, 11) is 0. The Bertz CT molecular complexity index is 859. The summed E-state index contributed by atoms with van der Waals surface area (Å²) in [6.45, 7) is 1.93. The van der Waals surface area contributed by atoms with Crippen LogP contribution in [0.4, 0.5) is 0 Å². The van der Waals surface area contributed by atoms with Crippen molar-refractivity contribution in [3.05, 3.63) is 59.3 Å². The second-order valence-corrected chi connectivity index (χ2v) is 5.58. The highest BCUT2D eigenvalue weighted by atomic mass is 35.5. The summed E-state index contributed by atoms with van der Waals surface area (Å²) in [5.74, 6) is 0.514. The molecular formula is C16H18ClN7O. The molecule has 1 aliphatic rings. The van der Waals surface area contributed by atoms with Crippen molar-refractivity contribution >= 4 is 18.3 Å². The standard InChI is InChI=1S/C16H17N7O.ClH/c24-16(14-12-10-17-7-4-13(12)21-22-14)19-9-11-3-1-5-18-15(11)23-8-2-6-20-23;/h1-3,5-6,8,17H,4,7,9-10H2,(H,19,24)(H,21,22);1H. The van der Waals surface area contributed by atoms with Gasteiger partial charge < -0.3 is 10.6 Å². The molecule has 0 radical (unpaired) electrons. The SMILES string of the molecule is Cl.O=C(NCc1cccnc1-n1cccn1)c1n[nH]c2c1CNCC2. The molecule has 9 heteroatoms. The van der Waals surface area contributed by atoms with Gasteiger partial charge in [0.15, 0.2) is 11.5 Å². The number of nitrogens with one attached hydrogen (secondary N) is 3. The van der Waals surface area contributed by atoms with Gasteiger partial charge in [-0.05, 0) is 12.1 Å². The van der Waals surface area contributed by atoms with Gasteiger partial charge in [-0.1, -0.05) is 6.07 Å². The number of aromatic amines is 1. The molecule has 1 amide bonds. The van der Waals surface area contributed by atoms with Gasteiger partial charge in [-0.25, -0.2) is 9.67 Å². The number of fused-ring (bicyclic) bond motifs is 1. The molecule has 4 heterocycles. The van der Waals surface area contributed by atoms with Gasteiger partial charge in [0, 0.05) is 61.5 Å². The minimum absolute atomic E-state index is 0. The number of hydrogen-bond donors (Lipinski definition) is 3. The predicted octanol–water partition coefficient (Wildman–Crippen LogP) is 0.988. The lowest BCUT2D eigenvalue weighted by atomic mass is 10.1. The van der Waals surface area contributed by atoms with Gasteiger partial charge in [-0.2, -0.15) is 10.2 Å². The van der Waals surface area contributed by atoms with E-state index in [-0.39, 0.29) is 18.3 Å². The highest BCUT2D eigenvalue weighted by Gasteiger charge is 2.21. The van der Waals surface area contributed by atoms with Crippen molar-refractivity contribution in [2.75, 3.05) is 6.54 Å². The fourth-order valence-corrected chi connectivity index (χ4v) is 2.84. The number of amides is 1. The molecule has 0 aromatic carbocycles. The Hall–Kier alpha value is -2.71. The van der Waals surface area contributed by atoms with Crippen molar-refractivity contribution in [2.45, 2.75) is 19.5 Å². The fraction of sp³-hybridized carbons (Fsp3) is 0.250. The zero-order valence-corrected chi connectivity index (χ0v) is 14.2. The highest BCUT2D eigenvalue weighted by Crippen LogP contribution is 2.16. The number of pyridine rings is 1. The summed E-state index contributed by atoms with van der Waals surface area (Å²) in [5, 5.41) is 17.5. The van der Waals surface area contributed by atoms with E-state index in [9.17, 15) is 4.79 Å². The molecule has 3 N–H and O–H groups in total. The Balaban J connectivity index is 0.00000182. The van der Waals surface area contributed by atoms with Crippen LogP contribution >= 0.6 is 12.4 Å². The number of rotatable bonds is 4. The van der Waals surface area contributed by atoms with Crippen LogP contribution in [-0.4, -0.2) is 37.4 Å².